The number of amides is 2. The van der Waals surface area contributed by atoms with Crippen molar-refractivity contribution in [2.24, 2.45) is 0 Å². The topological polar surface area (TPSA) is 83.1 Å². The van der Waals surface area contributed by atoms with E-state index in [4.69, 9.17) is 0 Å². The summed E-state index contributed by atoms with van der Waals surface area (Å²) < 4.78 is 39.5. The minimum Gasteiger partial charge on any atom is -0.302 e. The van der Waals surface area contributed by atoms with Gasteiger partial charge in [0.2, 0.25) is 11.8 Å². The average Bonchev–Trinajstić information content (AvgIpc) is 3.31. The van der Waals surface area contributed by atoms with Gasteiger partial charge in [-0.3, -0.25) is 20.4 Å². The van der Waals surface area contributed by atoms with Gasteiger partial charge in [-0.2, -0.15) is 0 Å². The molecule has 3 aromatic rings. The minimum atomic E-state index is -1.64. The zero-order chi connectivity index (χ0) is 20.1. The van der Waals surface area contributed by atoms with E-state index in [-0.39, 0.29) is 18.7 Å². The number of nitrogens with zero attached hydrogens (tertiary/aromatic N) is 1. The van der Waals surface area contributed by atoms with Crippen molar-refractivity contribution in [2.75, 3.05) is 10.7 Å². The van der Waals surface area contributed by atoms with Crippen molar-refractivity contribution in [3.63, 3.8) is 0 Å². The molecule has 28 heavy (non-hydrogen) atoms. The van der Waals surface area contributed by atoms with Gasteiger partial charge < -0.3 is 5.32 Å². The molecule has 0 bridgehead atoms. The van der Waals surface area contributed by atoms with Crippen molar-refractivity contribution < 1.29 is 22.8 Å². The summed E-state index contributed by atoms with van der Waals surface area (Å²) in [5.74, 6) is -5.20. The molecule has 0 spiro atoms. The third kappa shape index (κ3) is 5.08. The Morgan fingerprint density at radius 1 is 1.00 bits per heavy atom. The summed E-state index contributed by atoms with van der Waals surface area (Å²) in [6, 6.07) is 5.40. The van der Waals surface area contributed by atoms with Crippen LogP contribution in [0.2, 0.25) is 0 Å². The molecular weight excluding hydrogens is 413 g/mol. The quantitative estimate of drug-likeness (QED) is 0.399. The van der Waals surface area contributed by atoms with Crippen LogP contribution >= 0.6 is 22.7 Å². The van der Waals surface area contributed by atoms with Crippen LogP contribution in [-0.2, 0) is 22.4 Å². The molecule has 2 aromatic heterocycles. The van der Waals surface area contributed by atoms with Crippen molar-refractivity contribution in [3.8, 4) is 0 Å². The highest BCUT2D eigenvalue weighted by Crippen LogP contribution is 2.19. The molecule has 146 valence electrons. The molecule has 11 heteroatoms. The summed E-state index contributed by atoms with van der Waals surface area (Å²) in [7, 11) is 0. The number of nitrogens with one attached hydrogen (secondary N) is 3. The molecule has 0 aliphatic rings. The first-order chi connectivity index (χ1) is 13.4. The summed E-state index contributed by atoms with van der Waals surface area (Å²) >= 11 is 2.63. The van der Waals surface area contributed by atoms with Crippen LogP contribution in [0.5, 0.6) is 0 Å². The Kier molecular flexibility index (Phi) is 6.26. The van der Waals surface area contributed by atoms with Crippen LogP contribution in [-0.4, -0.2) is 16.8 Å². The van der Waals surface area contributed by atoms with Gasteiger partial charge in [0.15, 0.2) is 22.6 Å². The van der Waals surface area contributed by atoms with Crippen LogP contribution in [0.25, 0.3) is 0 Å². The van der Waals surface area contributed by atoms with Crippen molar-refractivity contribution >= 4 is 45.3 Å². The Bertz CT molecular complexity index is 992. The number of thiazole rings is 1. The fraction of sp³-hybridized carbons (Fsp3) is 0.118. The summed E-state index contributed by atoms with van der Waals surface area (Å²) in [5.41, 5.74) is 4.35. The number of hydrogen-bond donors (Lipinski definition) is 3. The van der Waals surface area contributed by atoms with E-state index >= 15 is 0 Å². The van der Waals surface area contributed by atoms with Gasteiger partial charge in [-0.25, -0.2) is 18.2 Å². The molecule has 6 nitrogen and oxygen atoms in total. The number of anilines is 2. The van der Waals surface area contributed by atoms with Crippen LogP contribution in [0.4, 0.5) is 24.0 Å². The monoisotopic (exact) mass is 426 g/mol. The Balaban J connectivity index is 1.50. The van der Waals surface area contributed by atoms with Crippen LogP contribution in [0.15, 0.2) is 35.0 Å². The second-order valence-electron chi connectivity index (χ2n) is 5.52. The smallest absolute Gasteiger partial charge is 0.244 e. The molecule has 3 N–H and O–H groups in total. The van der Waals surface area contributed by atoms with Crippen LogP contribution in [0.3, 0.4) is 0 Å². The molecule has 0 aliphatic heterocycles. The molecular formula is C17H13F3N4O2S2. The number of halogens is 3. The maximum absolute atomic E-state index is 13.5. The first-order valence-electron chi connectivity index (χ1n) is 7.87. The number of carbonyl (C=O) groups excluding carboxylic acids is 2. The van der Waals surface area contributed by atoms with E-state index in [2.05, 4.69) is 21.2 Å². The van der Waals surface area contributed by atoms with E-state index in [1.165, 1.54) is 11.3 Å². The van der Waals surface area contributed by atoms with Gasteiger partial charge >= 0.3 is 0 Å². The molecule has 0 saturated heterocycles. The molecule has 0 aliphatic carbocycles. The normalized spacial score (nSPS) is 10.5. The Morgan fingerprint density at radius 3 is 2.57 bits per heavy atom. The van der Waals surface area contributed by atoms with E-state index in [1.54, 1.807) is 5.38 Å². The zero-order valence-electron chi connectivity index (χ0n) is 14.1. The highest BCUT2D eigenvalue weighted by molar-refractivity contribution is 7.14. The number of rotatable bonds is 7. The predicted octanol–water partition coefficient (Wildman–Crippen LogP) is 3.49. The van der Waals surface area contributed by atoms with E-state index in [9.17, 15) is 22.8 Å². The zero-order valence-corrected chi connectivity index (χ0v) is 15.7. The van der Waals surface area contributed by atoms with Crippen LogP contribution < -0.4 is 16.2 Å². The van der Waals surface area contributed by atoms with E-state index in [0.717, 1.165) is 28.3 Å². The fourth-order valence-electron chi connectivity index (χ4n) is 2.15. The maximum Gasteiger partial charge on any atom is 0.244 e. The lowest BCUT2D eigenvalue weighted by molar-refractivity contribution is -0.120. The molecule has 0 fully saturated rings. The van der Waals surface area contributed by atoms with Crippen LogP contribution in [0.1, 0.15) is 10.6 Å². The van der Waals surface area contributed by atoms with E-state index in [0.29, 0.717) is 10.8 Å². The number of aromatic nitrogens is 1. The van der Waals surface area contributed by atoms with Gasteiger partial charge in [0.25, 0.3) is 0 Å². The second-order valence-corrected chi connectivity index (χ2v) is 7.41. The third-order valence-electron chi connectivity index (χ3n) is 3.43. The van der Waals surface area contributed by atoms with E-state index < -0.39 is 29.0 Å². The molecule has 0 radical (unpaired) electrons. The van der Waals surface area contributed by atoms with Gasteiger partial charge in [0, 0.05) is 10.3 Å². The lowest BCUT2D eigenvalue weighted by Gasteiger charge is -2.09. The van der Waals surface area contributed by atoms with Crippen molar-refractivity contribution in [1.29, 1.82) is 0 Å². The van der Waals surface area contributed by atoms with Crippen molar-refractivity contribution in [2.45, 2.75) is 12.8 Å². The van der Waals surface area contributed by atoms with Gasteiger partial charge in [-0.15, -0.1) is 22.7 Å². The largest absolute Gasteiger partial charge is 0.302 e. The molecule has 3 rings (SSSR count). The standard InChI is InChI=1S/C17H13F3N4O2S2/c18-11-3-4-12(16(20)15(11)19)23-24-14(26)6-9-8-28-17(21-9)22-13(25)7-10-2-1-5-27-10/h1-5,8,23H,6-7H2,(H,24,26)(H,21,22,25). The minimum absolute atomic E-state index is 0.157. The molecule has 0 atom stereocenters. The van der Waals surface area contributed by atoms with E-state index in [1.807, 2.05) is 17.5 Å². The second kappa shape index (κ2) is 8.85. The fourth-order valence-corrected chi connectivity index (χ4v) is 3.58. The SMILES string of the molecule is O=C(Cc1csc(NC(=O)Cc2cccs2)n1)NNc1ccc(F)c(F)c1F. The van der Waals surface area contributed by atoms with Gasteiger partial charge in [-0.05, 0) is 23.6 Å². The molecule has 0 saturated carbocycles. The highest BCUT2D eigenvalue weighted by atomic mass is 32.1. The molecule has 2 amide bonds. The Labute approximate surface area is 165 Å². The van der Waals surface area contributed by atoms with Gasteiger partial charge in [0.05, 0.1) is 24.2 Å². The van der Waals surface area contributed by atoms with Crippen molar-refractivity contribution in [3.05, 3.63) is 63.0 Å². The summed E-state index contributed by atoms with van der Waals surface area (Å²) in [4.78, 5) is 28.9. The van der Waals surface area contributed by atoms with Gasteiger partial charge in [0.1, 0.15) is 0 Å². The number of hydrazine groups is 1. The average molecular weight is 426 g/mol. The highest BCUT2D eigenvalue weighted by Gasteiger charge is 2.15. The number of hydrogen-bond acceptors (Lipinski definition) is 6. The lowest BCUT2D eigenvalue weighted by atomic mass is 10.3. The summed E-state index contributed by atoms with van der Waals surface area (Å²) in [6.07, 6.45) is 0.0758. The number of benzene rings is 1. The Morgan fingerprint density at radius 2 is 1.82 bits per heavy atom. The number of carbonyl (C=O) groups is 2. The maximum atomic E-state index is 13.5. The summed E-state index contributed by atoms with van der Waals surface area (Å²) in [6.45, 7) is 0. The lowest BCUT2D eigenvalue weighted by Crippen LogP contribution is -2.31. The predicted molar refractivity (Wildman–Crippen MR) is 101 cm³/mol. The molecule has 0 unspecified atom stereocenters. The molecule has 2 heterocycles. The van der Waals surface area contributed by atoms with Crippen molar-refractivity contribution in [1.82, 2.24) is 10.4 Å². The number of thiophene rings is 1. The third-order valence-corrected chi connectivity index (χ3v) is 5.11. The Hall–Kier alpha value is -2.92. The van der Waals surface area contributed by atoms with Gasteiger partial charge in [-0.1, -0.05) is 6.07 Å². The first-order valence-corrected chi connectivity index (χ1v) is 9.63. The van der Waals surface area contributed by atoms with Crippen LogP contribution in [0, 0.1) is 17.5 Å². The molecule has 1 aromatic carbocycles. The summed E-state index contributed by atoms with van der Waals surface area (Å²) in [5, 5.41) is 6.48. The first kappa shape index (κ1) is 19.8.